The predicted octanol–water partition coefficient (Wildman–Crippen LogP) is 1.57. The first-order valence-electron chi connectivity index (χ1n) is 6.20. The van der Waals surface area contributed by atoms with Crippen LogP contribution in [-0.2, 0) is 9.53 Å². The van der Waals surface area contributed by atoms with Gasteiger partial charge in [0.2, 0.25) is 0 Å². The van der Waals surface area contributed by atoms with Crippen LogP contribution in [0, 0.1) is 0 Å². The van der Waals surface area contributed by atoms with Crippen molar-refractivity contribution >= 4 is 5.91 Å². The molecule has 1 aromatic rings. The zero-order chi connectivity index (χ0) is 13.5. The fourth-order valence-corrected chi connectivity index (χ4v) is 1.92. The number of amides is 1. The number of nitrogens with zero attached hydrogens (tertiary/aromatic N) is 1. The van der Waals surface area contributed by atoms with Gasteiger partial charge in [-0.2, -0.15) is 0 Å². The van der Waals surface area contributed by atoms with Gasteiger partial charge in [-0.1, -0.05) is 30.3 Å². The number of methoxy groups -OCH3 is 1. The standard InChI is InChI=1S/C14H22N2O2/c1-11(2)16(10-9-15)14(17)13(18-3)12-7-5-4-6-8-12/h4-8,11,13H,9-10,15H2,1-3H3. The molecule has 1 atom stereocenters. The Hall–Kier alpha value is -1.39. The first-order valence-corrected chi connectivity index (χ1v) is 6.20. The predicted molar refractivity (Wildman–Crippen MR) is 72.1 cm³/mol. The molecule has 0 bridgehead atoms. The maximum Gasteiger partial charge on any atom is 0.256 e. The van der Waals surface area contributed by atoms with Gasteiger partial charge in [-0.15, -0.1) is 0 Å². The summed E-state index contributed by atoms with van der Waals surface area (Å²) in [7, 11) is 1.55. The van der Waals surface area contributed by atoms with Crippen LogP contribution in [0.4, 0.5) is 0 Å². The highest BCUT2D eigenvalue weighted by Gasteiger charge is 2.26. The minimum atomic E-state index is -0.555. The Morgan fingerprint density at radius 2 is 1.94 bits per heavy atom. The van der Waals surface area contributed by atoms with Crippen LogP contribution in [0.1, 0.15) is 25.5 Å². The van der Waals surface area contributed by atoms with Gasteiger partial charge < -0.3 is 15.4 Å². The van der Waals surface area contributed by atoms with Gasteiger partial charge in [0.15, 0.2) is 6.10 Å². The molecule has 0 aliphatic carbocycles. The van der Waals surface area contributed by atoms with E-state index in [1.165, 1.54) is 0 Å². The van der Waals surface area contributed by atoms with E-state index in [-0.39, 0.29) is 11.9 Å². The molecule has 0 heterocycles. The van der Waals surface area contributed by atoms with Gasteiger partial charge in [0, 0.05) is 26.2 Å². The molecule has 4 nitrogen and oxygen atoms in total. The molecular formula is C14H22N2O2. The van der Waals surface area contributed by atoms with Gasteiger partial charge in [-0.3, -0.25) is 4.79 Å². The number of carbonyl (C=O) groups excluding carboxylic acids is 1. The highest BCUT2D eigenvalue weighted by atomic mass is 16.5. The van der Waals surface area contributed by atoms with Crippen molar-refractivity contribution in [3.05, 3.63) is 35.9 Å². The highest BCUT2D eigenvalue weighted by molar-refractivity contribution is 5.82. The molecule has 4 heteroatoms. The van der Waals surface area contributed by atoms with E-state index >= 15 is 0 Å². The van der Waals surface area contributed by atoms with Gasteiger partial charge in [-0.25, -0.2) is 0 Å². The van der Waals surface area contributed by atoms with E-state index in [9.17, 15) is 4.79 Å². The van der Waals surface area contributed by atoms with E-state index in [1.54, 1.807) is 12.0 Å². The maximum absolute atomic E-state index is 12.5. The summed E-state index contributed by atoms with van der Waals surface area (Å²) in [6, 6.07) is 9.62. The molecule has 2 N–H and O–H groups in total. The van der Waals surface area contributed by atoms with Crippen LogP contribution in [-0.4, -0.2) is 37.0 Å². The van der Waals surface area contributed by atoms with Gasteiger partial charge in [0.25, 0.3) is 5.91 Å². The second-order valence-electron chi connectivity index (χ2n) is 4.44. The first kappa shape index (κ1) is 14.7. The third kappa shape index (κ3) is 3.55. The van der Waals surface area contributed by atoms with E-state index in [2.05, 4.69) is 0 Å². The summed E-state index contributed by atoms with van der Waals surface area (Å²) in [6.45, 7) is 4.95. The number of rotatable bonds is 6. The Morgan fingerprint density at radius 3 is 2.39 bits per heavy atom. The van der Waals surface area contributed by atoms with Crippen LogP contribution in [0.5, 0.6) is 0 Å². The number of carbonyl (C=O) groups is 1. The van der Waals surface area contributed by atoms with Crippen LogP contribution in [0.25, 0.3) is 0 Å². The lowest BCUT2D eigenvalue weighted by Gasteiger charge is -2.29. The van der Waals surface area contributed by atoms with Gasteiger partial charge in [-0.05, 0) is 19.4 Å². The first-order chi connectivity index (χ1) is 8.61. The van der Waals surface area contributed by atoms with Crippen molar-refractivity contribution in [2.45, 2.75) is 26.0 Å². The molecule has 0 saturated carbocycles. The number of benzene rings is 1. The van der Waals surface area contributed by atoms with Crippen molar-refractivity contribution in [1.29, 1.82) is 0 Å². The summed E-state index contributed by atoms with van der Waals surface area (Å²) >= 11 is 0. The van der Waals surface area contributed by atoms with E-state index in [0.29, 0.717) is 13.1 Å². The molecule has 0 spiro atoms. The third-order valence-electron chi connectivity index (χ3n) is 2.84. The lowest BCUT2D eigenvalue weighted by Crippen LogP contribution is -2.43. The summed E-state index contributed by atoms with van der Waals surface area (Å²) in [5.41, 5.74) is 6.42. The molecule has 1 unspecified atom stereocenters. The van der Waals surface area contributed by atoms with Crippen LogP contribution >= 0.6 is 0 Å². The Morgan fingerprint density at radius 1 is 1.33 bits per heavy atom. The van der Waals surface area contributed by atoms with Crippen molar-refractivity contribution in [2.24, 2.45) is 5.73 Å². The lowest BCUT2D eigenvalue weighted by molar-refractivity contribution is -0.144. The molecule has 1 rings (SSSR count). The van der Waals surface area contributed by atoms with E-state index in [0.717, 1.165) is 5.56 Å². The zero-order valence-electron chi connectivity index (χ0n) is 11.3. The topological polar surface area (TPSA) is 55.6 Å². The summed E-state index contributed by atoms with van der Waals surface area (Å²) in [5, 5.41) is 0. The molecular weight excluding hydrogens is 228 g/mol. The molecule has 0 radical (unpaired) electrons. The average Bonchev–Trinajstić information content (AvgIpc) is 2.37. The fourth-order valence-electron chi connectivity index (χ4n) is 1.92. The molecule has 18 heavy (non-hydrogen) atoms. The molecule has 0 saturated heterocycles. The van der Waals surface area contributed by atoms with Crippen molar-refractivity contribution < 1.29 is 9.53 Å². The SMILES string of the molecule is COC(C(=O)N(CCN)C(C)C)c1ccccc1. The van der Waals surface area contributed by atoms with Gasteiger partial charge in [0.05, 0.1) is 0 Å². The lowest BCUT2D eigenvalue weighted by atomic mass is 10.1. The van der Waals surface area contributed by atoms with E-state index in [4.69, 9.17) is 10.5 Å². The van der Waals surface area contributed by atoms with E-state index in [1.807, 2.05) is 44.2 Å². The van der Waals surface area contributed by atoms with Crippen molar-refractivity contribution in [3.63, 3.8) is 0 Å². The van der Waals surface area contributed by atoms with Crippen LogP contribution in [0.3, 0.4) is 0 Å². The van der Waals surface area contributed by atoms with Gasteiger partial charge >= 0.3 is 0 Å². The van der Waals surface area contributed by atoms with Crippen LogP contribution in [0.15, 0.2) is 30.3 Å². The molecule has 0 aromatic heterocycles. The number of nitrogens with two attached hydrogens (primary N) is 1. The number of ether oxygens (including phenoxy) is 1. The normalized spacial score (nSPS) is 12.5. The minimum Gasteiger partial charge on any atom is -0.367 e. The highest BCUT2D eigenvalue weighted by Crippen LogP contribution is 2.20. The summed E-state index contributed by atoms with van der Waals surface area (Å²) in [4.78, 5) is 14.2. The molecule has 0 aliphatic heterocycles. The molecule has 1 aromatic carbocycles. The maximum atomic E-state index is 12.5. The summed E-state index contributed by atoms with van der Waals surface area (Å²) < 4.78 is 5.34. The Bertz CT molecular complexity index is 365. The summed E-state index contributed by atoms with van der Waals surface area (Å²) in [6.07, 6.45) is -0.555. The monoisotopic (exact) mass is 250 g/mol. The van der Waals surface area contributed by atoms with Crippen LogP contribution < -0.4 is 5.73 Å². The largest absolute Gasteiger partial charge is 0.367 e. The number of hydrogen-bond donors (Lipinski definition) is 1. The van der Waals surface area contributed by atoms with Crippen molar-refractivity contribution in [3.8, 4) is 0 Å². The Kier molecular flexibility index (Phi) is 5.82. The Balaban J connectivity index is 2.90. The minimum absolute atomic E-state index is 0.0378. The summed E-state index contributed by atoms with van der Waals surface area (Å²) in [5.74, 6) is -0.0378. The second kappa shape index (κ2) is 7.13. The number of hydrogen-bond acceptors (Lipinski definition) is 3. The molecule has 0 aliphatic rings. The molecule has 100 valence electrons. The smallest absolute Gasteiger partial charge is 0.256 e. The van der Waals surface area contributed by atoms with Crippen LogP contribution in [0.2, 0.25) is 0 Å². The second-order valence-corrected chi connectivity index (χ2v) is 4.44. The zero-order valence-corrected chi connectivity index (χ0v) is 11.3. The molecule has 1 amide bonds. The van der Waals surface area contributed by atoms with Gasteiger partial charge in [0.1, 0.15) is 0 Å². The van der Waals surface area contributed by atoms with Crippen molar-refractivity contribution in [2.75, 3.05) is 20.2 Å². The fraction of sp³-hybridized carbons (Fsp3) is 0.500. The van der Waals surface area contributed by atoms with E-state index < -0.39 is 6.10 Å². The molecule has 0 fully saturated rings. The average molecular weight is 250 g/mol. The third-order valence-corrected chi connectivity index (χ3v) is 2.84. The quantitative estimate of drug-likeness (QED) is 0.833. The Labute approximate surface area is 109 Å². The van der Waals surface area contributed by atoms with Crippen molar-refractivity contribution in [1.82, 2.24) is 4.90 Å².